The van der Waals surface area contributed by atoms with Gasteiger partial charge in [0.15, 0.2) is 0 Å². The van der Waals surface area contributed by atoms with Crippen LogP contribution in [-0.2, 0) is 6.54 Å². The van der Waals surface area contributed by atoms with Crippen molar-refractivity contribution < 1.29 is 8.91 Å². The summed E-state index contributed by atoms with van der Waals surface area (Å²) in [6.07, 6.45) is 1.49. The molecule has 6 heteroatoms. The van der Waals surface area contributed by atoms with Gasteiger partial charge in [0.1, 0.15) is 17.8 Å². The zero-order chi connectivity index (χ0) is 11.8. The van der Waals surface area contributed by atoms with Gasteiger partial charge in [0.2, 0.25) is 5.95 Å². The number of nitrogens with zero attached hydrogens (tertiary/aromatic N) is 3. The highest BCUT2D eigenvalue weighted by molar-refractivity contribution is 5.78. The predicted molar refractivity (Wildman–Crippen MR) is 59.7 cm³/mol. The summed E-state index contributed by atoms with van der Waals surface area (Å²) in [5.41, 5.74) is 7.83. The van der Waals surface area contributed by atoms with E-state index in [0.29, 0.717) is 18.0 Å². The first-order valence-electron chi connectivity index (χ1n) is 5.04. The van der Waals surface area contributed by atoms with E-state index >= 15 is 0 Å². The van der Waals surface area contributed by atoms with Crippen molar-refractivity contribution in [2.45, 2.75) is 6.54 Å². The molecule has 0 atom stereocenters. The van der Waals surface area contributed by atoms with Gasteiger partial charge >= 0.3 is 0 Å². The van der Waals surface area contributed by atoms with Crippen LogP contribution in [0.4, 0.5) is 10.3 Å². The van der Waals surface area contributed by atoms with Crippen LogP contribution in [0.1, 0.15) is 5.69 Å². The number of hydrogen-bond donors (Lipinski definition) is 1. The van der Waals surface area contributed by atoms with Crippen LogP contribution in [0.3, 0.4) is 0 Å². The second-order valence-electron chi connectivity index (χ2n) is 3.68. The zero-order valence-corrected chi connectivity index (χ0v) is 8.80. The summed E-state index contributed by atoms with van der Waals surface area (Å²) in [5.74, 6) is -0.00261. The third kappa shape index (κ3) is 1.63. The van der Waals surface area contributed by atoms with E-state index in [1.54, 1.807) is 16.7 Å². The lowest BCUT2D eigenvalue weighted by Crippen LogP contribution is -2.04. The molecule has 2 N–H and O–H groups in total. The second-order valence-corrected chi connectivity index (χ2v) is 3.68. The summed E-state index contributed by atoms with van der Waals surface area (Å²) in [5, 5.41) is 3.80. The summed E-state index contributed by atoms with van der Waals surface area (Å²) in [4.78, 5) is 4.10. The molecule has 0 aliphatic carbocycles. The number of halogens is 1. The smallest absolute Gasteiger partial charge is 0.201 e. The number of nitrogens with two attached hydrogens (primary N) is 1. The molecule has 86 valence electrons. The number of imidazole rings is 1. The zero-order valence-electron chi connectivity index (χ0n) is 8.80. The Morgan fingerprint density at radius 2 is 2.24 bits per heavy atom. The standard InChI is InChI=1S/C11H9FN4O/c12-7-1-2-10-9(5-7)14-11(13)16(10)6-8-3-4-17-15-8/h1-5H,6H2,(H2,13,14). The highest BCUT2D eigenvalue weighted by atomic mass is 19.1. The molecule has 0 unspecified atom stereocenters. The van der Waals surface area contributed by atoms with E-state index in [0.717, 1.165) is 11.2 Å². The molecule has 3 aromatic rings. The fourth-order valence-electron chi connectivity index (χ4n) is 1.77. The number of hydrogen-bond acceptors (Lipinski definition) is 4. The topological polar surface area (TPSA) is 69.9 Å². The van der Waals surface area contributed by atoms with Crippen LogP contribution in [0.5, 0.6) is 0 Å². The number of rotatable bonds is 2. The first-order chi connectivity index (χ1) is 8.24. The Hall–Kier alpha value is -2.37. The molecule has 0 spiro atoms. The highest BCUT2D eigenvalue weighted by Gasteiger charge is 2.10. The molecule has 0 saturated heterocycles. The minimum atomic E-state index is -0.330. The largest absolute Gasteiger partial charge is 0.369 e. The van der Waals surface area contributed by atoms with Crippen molar-refractivity contribution in [3.63, 3.8) is 0 Å². The number of nitrogen functional groups attached to an aromatic ring is 1. The summed E-state index contributed by atoms with van der Waals surface area (Å²) in [6, 6.07) is 6.12. The van der Waals surface area contributed by atoms with Crippen LogP contribution in [0.15, 0.2) is 35.1 Å². The molecule has 0 fully saturated rings. The van der Waals surface area contributed by atoms with Crippen molar-refractivity contribution in [1.29, 1.82) is 0 Å². The lowest BCUT2D eigenvalue weighted by molar-refractivity contribution is 0.410. The van der Waals surface area contributed by atoms with Gasteiger partial charge in [-0.25, -0.2) is 9.37 Å². The lowest BCUT2D eigenvalue weighted by atomic mass is 10.3. The van der Waals surface area contributed by atoms with Gasteiger partial charge in [-0.15, -0.1) is 0 Å². The Balaban J connectivity index is 2.12. The predicted octanol–water partition coefficient (Wildman–Crippen LogP) is 1.79. The van der Waals surface area contributed by atoms with Crippen LogP contribution in [-0.4, -0.2) is 14.7 Å². The van der Waals surface area contributed by atoms with Gasteiger partial charge in [-0.3, -0.25) is 0 Å². The molecular formula is C11H9FN4O. The van der Waals surface area contributed by atoms with E-state index in [9.17, 15) is 4.39 Å². The van der Waals surface area contributed by atoms with Gasteiger partial charge in [-0.05, 0) is 12.1 Å². The average Bonchev–Trinajstić information content (AvgIpc) is 2.88. The van der Waals surface area contributed by atoms with Gasteiger partial charge in [0.25, 0.3) is 0 Å². The maximum absolute atomic E-state index is 13.0. The van der Waals surface area contributed by atoms with Crippen LogP contribution < -0.4 is 5.73 Å². The van der Waals surface area contributed by atoms with E-state index < -0.39 is 0 Å². The maximum atomic E-state index is 13.0. The van der Waals surface area contributed by atoms with Crippen LogP contribution in [0, 0.1) is 5.82 Å². The maximum Gasteiger partial charge on any atom is 0.201 e. The molecule has 3 rings (SSSR count). The molecule has 17 heavy (non-hydrogen) atoms. The number of fused-ring (bicyclic) bond motifs is 1. The van der Waals surface area contributed by atoms with Crippen molar-refractivity contribution in [1.82, 2.24) is 14.7 Å². The molecule has 0 saturated carbocycles. The minimum Gasteiger partial charge on any atom is -0.369 e. The number of anilines is 1. The molecule has 5 nitrogen and oxygen atoms in total. The summed E-state index contributed by atoms with van der Waals surface area (Å²) < 4.78 is 19.5. The molecule has 0 bridgehead atoms. The Labute approximate surface area is 95.6 Å². The van der Waals surface area contributed by atoms with Crippen molar-refractivity contribution >= 4 is 17.0 Å². The van der Waals surface area contributed by atoms with Gasteiger partial charge in [-0.1, -0.05) is 5.16 Å². The van der Waals surface area contributed by atoms with E-state index in [1.165, 1.54) is 18.4 Å². The number of benzene rings is 1. The Bertz CT molecular complexity index is 659. The van der Waals surface area contributed by atoms with Crippen molar-refractivity contribution in [3.8, 4) is 0 Å². The quantitative estimate of drug-likeness (QED) is 0.731. The molecule has 0 aliphatic heterocycles. The monoisotopic (exact) mass is 232 g/mol. The minimum absolute atomic E-state index is 0.327. The fourth-order valence-corrected chi connectivity index (χ4v) is 1.77. The summed E-state index contributed by atoms with van der Waals surface area (Å²) in [7, 11) is 0. The molecule has 0 aliphatic rings. The Morgan fingerprint density at radius 1 is 1.35 bits per heavy atom. The van der Waals surface area contributed by atoms with Crippen LogP contribution in [0.2, 0.25) is 0 Å². The van der Waals surface area contributed by atoms with Crippen molar-refractivity contribution in [3.05, 3.63) is 42.0 Å². The second kappa shape index (κ2) is 3.58. The Kier molecular flexibility index (Phi) is 2.07. The van der Waals surface area contributed by atoms with Gasteiger partial charge in [0, 0.05) is 12.1 Å². The van der Waals surface area contributed by atoms with E-state index in [-0.39, 0.29) is 5.82 Å². The Morgan fingerprint density at radius 3 is 3.00 bits per heavy atom. The first-order valence-corrected chi connectivity index (χ1v) is 5.04. The third-order valence-electron chi connectivity index (χ3n) is 2.55. The van der Waals surface area contributed by atoms with E-state index in [1.807, 2.05) is 0 Å². The van der Waals surface area contributed by atoms with Crippen molar-refractivity contribution in [2.75, 3.05) is 5.73 Å². The molecule has 2 heterocycles. The molecule has 0 radical (unpaired) electrons. The molecular weight excluding hydrogens is 223 g/mol. The SMILES string of the molecule is Nc1nc2cc(F)ccc2n1Cc1ccon1. The van der Waals surface area contributed by atoms with Gasteiger partial charge in [-0.2, -0.15) is 0 Å². The van der Waals surface area contributed by atoms with E-state index in [2.05, 4.69) is 10.1 Å². The number of aromatic nitrogens is 3. The van der Waals surface area contributed by atoms with Gasteiger partial charge in [0.05, 0.1) is 17.6 Å². The molecule has 0 amide bonds. The summed E-state index contributed by atoms with van der Waals surface area (Å²) >= 11 is 0. The highest BCUT2D eigenvalue weighted by Crippen LogP contribution is 2.19. The van der Waals surface area contributed by atoms with Crippen molar-refractivity contribution in [2.24, 2.45) is 0 Å². The third-order valence-corrected chi connectivity index (χ3v) is 2.55. The van der Waals surface area contributed by atoms with Gasteiger partial charge < -0.3 is 14.8 Å². The fraction of sp³-hybridized carbons (Fsp3) is 0.0909. The van der Waals surface area contributed by atoms with Crippen LogP contribution >= 0.6 is 0 Å². The summed E-state index contributed by atoms with van der Waals surface area (Å²) in [6.45, 7) is 0.449. The van der Waals surface area contributed by atoms with Crippen LogP contribution in [0.25, 0.3) is 11.0 Å². The normalized spacial score (nSPS) is 11.1. The molecule has 2 aromatic heterocycles. The molecule has 1 aromatic carbocycles. The lowest BCUT2D eigenvalue weighted by Gasteiger charge is -2.02. The average molecular weight is 232 g/mol. The first kappa shape index (κ1) is 9.83. The van der Waals surface area contributed by atoms with E-state index in [4.69, 9.17) is 10.3 Å².